The van der Waals surface area contributed by atoms with E-state index in [-0.39, 0.29) is 0 Å². The fourth-order valence-electron chi connectivity index (χ4n) is 1.82. The van der Waals surface area contributed by atoms with Crippen LogP contribution >= 0.6 is 0 Å². The molecule has 0 saturated carbocycles. The topological polar surface area (TPSA) is 12.0 Å². The highest BCUT2D eigenvalue weighted by molar-refractivity contribution is 4.76. The Morgan fingerprint density at radius 1 is 1.07 bits per heavy atom. The molecular formula is C14H31N. The highest BCUT2D eigenvalue weighted by Gasteiger charge is 2.21. The molecule has 1 heteroatoms. The second kappa shape index (κ2) is 8.15. The van der Waals surface area contributed by atoms with Gasteiger partial charge in [0.2, 0.25) is 0 Å². The second-order valence-electron chi connectivity index (χ2n) is 5.51. The largest absolute Gasteiger partial charge is 0.314 e. The summed E-state index contributed by atoms with van der Waals surface area (Å²) in [6.07, 6.45) is 8.22. The maximum Gasteiger partial charge on any atom is 0.00106 e. The molecule has 1 atom stereocenters. The van der Waals surface area contributed by atoms with Crippen LogP contribution < -0.4 is 5.32 Å². The van der Waals surface area contributed by atoms with Crippen molar-refractivity contribution in [1.82, 2.24) is 5.32 Å². The van der Waals surface area contributed by atoms with Crippen molar-refractivity contribution in [2.24, 2.45) is 5.41 Å². The van der Waals surface area contributed by atoms with Gasteiger partial charge in [0, 0.05) is 12.6 Å². The van der Waals surface area contributed by atoms with E-state index in [9.17, 15) is 0 Å². The zero-order chi connectivity index (χ0) is 11.7. The molecule has 1 unspecified atom stereocenters. The van der Waals surface area contributed by atoms with E-state index in [1.165, 1.54) is 45.1 Å². The van der Waals surface area contributed by atoms with Crippen LogP contribution in [0.2, 0.25) is 0 Å². The molecule has 0 spiro atoms. The van der Waals surface area contributed by atoms with Gasteiger partial charge in [0.15, 0.2) is 0 Å². The highest BCUT2D eigenvalue weighted by atomic mass is 14.9. The van der Waals surface area contributed by atoms with Gasteiger partial charge in [-0.3, -0.25) is 0 Å². The Balaban J connectivity index is 3.75. The lowest BCUT2D eigenvalue weighted by Crippen LogP contribution is -2.35. The number of rotatable bonds is 9. The first-order valence-electron chi connectivity index (χ1n) is 6.77. The molecule has 1 nitrogen and oxygen atoms in total. The Hall–Kier alpha value is -0.0400. The molecule has 0 aliphatic rings. The average molecular weight is 213 g/mol. The summed E-state index contributed by atoms with van der Waals surface area (Å²) in [5.74, 6) is 0. The minimum atomic E-state index is 0.512. The molecule has 15 heavy (non-hydrogen) atoms. The number of hydrogen-bond acceptors (Lipinski definition) is 1. The average Bonchev–Trinajstić information content (AvgIpc) is 2.22. The first-order valence-corrected chi connectivity index (χ1v) is 6.77. The van der Waals surface area contributed by atoms with E-state index in [4.69, 9.17) is 0 Å². The first kappa shape index (κ1) is 15.0. The van der Waals surface area contributed by atoms with Crippen LogP contribution in [0.3, 0.4) is 0 Å². The fraction of sp³-hybridized carbons (Fsp3) is 1.00. The molecule has 92 valence electrons. The van der Waals surface area contributed by atoms with Crippen molar-refractivity contribution >= 4 is 0 Å². The van der Waals surface area contributed by atoms with Crippen LogP contribution in [0, 0.1) is 5.41 Å². The van der Waals surface area contributed by atoms with Gasteiger partial charge in [0.1, 0.15) is 0 Å². The van der Waals surface area contributed by atoms with Crippen LogP contribution in [-0.2, 0) is 0 Å². The van der Waals surface area contributed by atoms with Crippen LogP contribution in [0.1, 0.15) is 73.1 Å². The van der Waals surface area contributed by atoms with E-state index >= 15 is 0 Å². The van der Waals surface area contributed by atoms with E-state index in [1.54, 1.807) is 0 Å². The van der Waals surface area contributed by atoms with Crippen molar-refractivity contribution in [2.75, 3.05) is 6.54 Å². The van der Waals surface area contributed by atoms with E-state index in [1.807, 2.05) is 0 Å². The molecule has 0 amide bonds. The molecule has 0 aromatic carbocycles. The Morgan fingerprint density at radius 3 is 2.20 bits per heavy atom. The van der Waals surface area contributed by atoms with Crippen LogP contribution in [0.25, 0.3) is 0 Å². The highest BCUT2D eigenvalue weighted by Crippen LogP contribution is 2.27. The van der Waals surface area contributed by atoms with Crippen molar-refractivity contribution in [3.8, 4) is 0 Å². The van der Waals surface area contributed by atoms with Crippen molar-refractivity contribution in [3.63, 3.8) is 0 Å². The van der Waals surface area contributed by atoms with Crippen LogP contribution in [-0.4, -0.2) is 12.6 Å². The van der Waals surface area contributed by atoms with Gasteiger partial charge in [-0.25, -0.2) is 0 Å². The summed E-state index contributed by atoms with van der Waals surface area (Å²) in [5.41, 5.74) is 0.512. The third-order valence-corrected chi connectivity index (χ3v) is 3.42. The maximum absolute atomic E-state index is 3.58. The molecule has 0 saturated heterocycles. The van der Waals surface area contributed by atoms with Gasteiger partial charge in [-0.15, -0.1) is 0 Å². The van der Waals surface area contributed by atoms with Crippen molar-refractivity contribution in [3.05, 3.63) is 0 Å². The molecule has 0 bridgehead atoms. The van der Waals surface area contributed by atoms with E-state index in [2.05, 4.69) is 39.9 Å². The minimum absolute atomic E-state index is 0.512. The molecule has 0 fully saturated rings. The zero-order valence-corrected chi connectivity index (χ0v) is 11.5. The minimum Gasteiger partial charge on any atom is -0.314 e. The number of nitrogens with one attached hydrogen (secondary N) is 1. The number of unbranched alkanes of at least 4 members (excludes halogenated alkanes) is 3. The lowest BCUT2D eigenvalue weighted by atomic mass is 9.82. The molecule has 1 N–H and O–H groups in total. The third kappa shape index (κ3) is 7.84. The van der Waals surface area contributed by atoms with Gasteiger partial charge in [-0.05, 0) is 18.3 Å². The molecule has 0 aliphatic carbocycles. The van der Waals surface area contributed by atoms with Crippen molar-refractivity contribution in [2.45, 2.75) is 79.2 Å². The summed E-state index contributed by atoms with van der Waals surface area (Å²) in [7, 11) is 0. The van der Waals surface area contributed by atoms with Gasteiger partial charge in [0.05, 0.1) is 0 Å². The molecule has 0 radical (unpaired) electrons. The lowest BCUT2D eigenvalue weighted by Gasteiger charge is -2.29. The summed E-state index contributed by atoms with van der Waals surface area (Å²) in [6, 6.07) is 0.617. The standard InChI is InChI=1S/C14H31N/c1-6-8-9-10-11-14(5,7-2)12-15-13(3)4/h13,15H,6-12H2,1-5H3. The molecule has 0 heterocycles. The third-order valence-electron chi connectivity index (χ3n) is 3.42. The monoisotopic (exact) mass is 213 g/mol. The van der Waals surface area contributed by atoms with Crippen molar-refractivity contribution < 1.29 is 0 Å². The zero-order valence-electron chi connectivity index (χ0n) is 11.5. The van der Waals surface area contributed by atoms with Crippen LogP contribution in [0.4, 0.5) is 0 Å². The second-order valence-corrected chi connectivity index (χ2v) is 5.51. The van der Waals surface area contributed by atoms with Crippen molar-refractivity contribution in [1.29, 1.82) is 0 Å². The molecule has 0 rings (SSSR count). The van der Waals surface area contributed by atoms with Gasteiger partial charge in [-0.1, -0.05) is 60.3 Å². The fourth-order valence-corrected chi connectivity index (χ4v) is 1.82. The lowest BCUT2D eigenvalue weighted by molar-refractivity contribution is 0.252. The van der Waals surface area contributed by atoms with Gasteiger partial charge in [-0.2, -0.15) is 0 Å². The van der Waals surface area contributed by atoms with Crippen LogP contribution in [0.5, 0.6) is 0 Å². The normalized spacial score (nSPS) is 15.6. The summed E-state index contributed by atoms with van der Waals surface area (Å²) in [4.78, 5) is 0. The Morgan fingerprint density at radius 2 is 1.73 bits per heavy atom. The Labute approximate surface area is 97.0 Å². The molecule has 0 aromatic heterocycles. The Bertz CT molecular complexity index is 142. The van der Waals surface area contributed by atoms with E-state index in [0.29, 0.717) is 11.5 Å². The van der Waals surface area contributed by atoms with Crippen LogP contribution in [0.15, 0.2) is 0 Å². The Kier molecular flexibility index (Phi) is 8.13. The maximum atomic E-state index is 3.58. The summed E-state index contributed by atoms with van der Waals surface area (Å²) >= 11 is 0. The first-order chi connectivity index (χ1) is 7.04. The summed E-state index contributed by atoms with van der Waals surface area (Å²) in [5, 5.41) is 3.58. The summed E-state index contributed by atoms with van der Waals surface area (Å²) in [6.45, 7) is 12.7. The van der Waals surface area contributed by atoms with Gasteiger partial charge in [0.25, 0.3) is 0 Å². The predicted octanol–water partition coefficient (Wildman–Crippen LogP) is 4.37. The summed E-state index contributed by atoms with van der Waals surface area (Å²) < 4.78 is 0. The quantitative estimate of drug-likeness (QED) is 0.561. The van der Waals surface area contributed by atoms with E-state index in [0.717, 1.165) is 0 Å². The molecule has 0 aliphatic heterocycles. The molecule has 0 aromatic rings. The predicted molar refractivity (Wildman–Crippen MR) is 70.3 cm³/mol. The number of hydrogen-bond donors (Lipinski definition) is 1. The SMILES string of the molecule is CCCCCCC(C)(CC)CNC(C)C. The van der Waals surface area contributed by atoms with Gasteiger partial charge >= 0.3 is 0 Å². The van der Waals surface area contributed by atoms with Gasteiger partial charge < -0.3 is 5.32 Å². The van der Waals surface area contributed by atoms with E-state index < -0.39 is 0 Å². The molecular weight excluding hydrogens is 182 g/mol. The smallest absolute Gasteiger partial charge is 0.00106 e.